The summed E-state index contributed by atoms with van der Waals surface area (Å²) < 4.78 is 7.00. The summed E-state index contributed by atoms with van der Waals surface area (Å²) in [4.78, 5) is 0. The molecule has 0 amide bonds. The fraction of sp³-hybridized carbons (Fsp3) is 0.100. The molecule has 1 aromatic heterocycles. The van der Waals surface area contributed by atoms with Crippen LogP contribution in [0.25, 0.3) is 110 Å². The Morgan fingerprint density at radius 1 is 0.328 bits per heavy atom. The van der Waals surface area contributed by atoms with Gasteiger partial charge in [-0.05, 0) is 123 Å². The van der Waals surface area contributed by atoms with E-state index >= 15 is 0 Å². The van der Waals surface area contributed by atoms with E-state index in [1.165, 1.54) is 110 Å². The summed E-state index contributed by atoms with van der Waals surface area (Å²) in [7, 11) is 0. The maximum atomic E-state index is 7.00. The zero-order valence-electron chi connectivity index (χ0n) is 34.7. The van der Waals surface area contributed by atoms with E-state index in [4.69, 9.17) is 4.42 Å². The normalized spacial score (nSPS) is 14.5. The molecule has 11 aromatic rings. The van der Waals surface area contributed by atoms with Gasteiger partial charge in [-0.2, -0.15) is 0 Å². The van der Waals surface area contributed by atoms with E-state index in [0.29, 0.717) is 0 Å². The van der Waals surface area contributed by atoms with Crippen LogP contribution in [0.3, 0.4) is 0 Å². The Morgan fingerprint density at radius 2 is 0.820 bits per heavy atom. The molecule has 288 valence electrons. The van der Waals surface area contributed by atoms with Crippen LogP contribution in [0.15, 0.2) is 186 Å². The van der Waals surface area contributed by atoms with Crippen LogP contribution in [-0.4, -0.2) is 0 Å². The molecule has 0 atom stereocenters. The first-order chi connectivity index (χ1) is 29.8. The van der Waals surface area contributed by atoms with Gasteiger partial charge in [0.2, 0.25) is 0 Å². The first-order valence-electron chi connectivity index (χ1n) is 21.6. The van der Waals surface area contributed by atoms with Crippen LogP contribution in [0, 0.1) is 0 Å². The average Bonchev–Trinajstić information content (AvgIpc) is 3.86. The molecular formula is C60H42O. The van der Waals surface area contributed by atoms with Crippen LogP contribution in [-0.2, 0) is 10.8 Å². The summed E-state index contributed by atoms with van der Waals surface area (Å²) >= 11 is 0. The Balaban J connectivity index is 1.00. The van der Waals surface area contributed by atoms with Crippen molar-refractivity contribution >= 4 is 54.3 Å². The molecule has 1 heterocycles. The van der Waals surface area contributed by atoms with Crippen molar-refractivity contribution < 1.29 is 4.42 Å². The van der Waals surface area contributed by atoms with E-state index in [2.05, 4.69) is 210 Å². The molecule has 0 saturated carbocycles. The Hall–Kier alpha value is -7.22. The predicted molar refractivity (Wildman–Crippen MR) is 258 cm³/mol. The maximum absolute atomic E-state index is 7.00. The molecule has 0 radical (unpaired) electrons. The fourth-order valence-electron chi connectivity index (χ4n) is 11.6. The van der Waals surface area contributed by atoms with Crippen molar-refractivity contribution in [3.8, 4) is 55.6 Å². The van der Waals surface area contributed by atoms with Crippen molar-refractivity contribution in [3.63, 3.8) is 0 Å². The molecule has 10 aromatic carbocycles. The Labute approximate surface area is 355 Å². The minimum atomic E-state index is -0.0869. The van der Waals surface area contributed by atoms with Gasteiger partial charge < -0.3 is 4.42 Å². The average molecular weight is 779 g/mol. The summed E-state index contributed by atoms with van der Waals surface area (Å²) in [6.45, 7) is 9.43. The molecule has 2 aliphatic carbocycles. The van der Waals surface area contributed by atoms with Gasteiger partial charge in [0.25, 0.3) is 0 Å². The van der Waals surface area contributed by atoms with Crippen LogP contribution in [0.2, 0.25) is 0 Å². The van der Waals surface area contributed by atoms with Crippen LogP contribution in [0.1, 0.15) is 49.9 Å². The topological polar surface area (TPSA) is 13.1 Å². The molecular weight excluding hydrogens is 737 g/mol. The third-order valence-electron chi connectivity index (χ3n) is 14.5. The lowest BCUT2D eigenvalue weighted by molar-refractivity contribution is 0.657. The molecule has 61 heavy (non-hydrogen) atoms. The van der Waals surface area contributed by atoms with Gasteiger partial charge in [-0.25, -0.2) is 0 Å². The molecule has 0 bridgehead atoms. The van der Waals surface area contributed by atoms with Crippen LogP contribution < -0.4 is 0 Å². The number of furan rings is 1. The first-order valence-corrected chi connectivity index (χ1v) is 21.6. The van der Waals surface area contributed by atoms with Crippen molar-refractivity contribution in [1.29, 1.82) is 0 Å². The van der Waals surface area contributed by atoms with Crippen LogP contribution in [0.4, 0.5) is 0 Å². The first kappa shape index (κ1) is 34.6. The second-order valence-corrected chi connectivity index (χ2v) is 18.3. The predicted octanol–water partition coefficient (Wildman–Crippen LogP) is 16.7. The van der Waals surface area contributed by atoms with E-state index in [1.54, 1.807) is 0 Å². The van der Waals surface area contributed by atoms with E-state index in [1.807, 2.05) is 0 Å². The smallest absolute Gasteiger partial charge is 0.143 e. The maximum Gasteiger partial charge on any atom is 0.143 e. The molecule has 2 aliphatic rings. The van der Waals surface area contributed by atoms with Gasteiger partial charge in [0, 0.05) is 27.2 Å². The molecule has 13 rings (SSSR count). The fourth-order valence-corrected chi connectivity index (χ4v) is 11.6. The van der Waals surface area contributed by atoms with Gasteiger partial charge in [-0.3, -0.25) is 0 Å². The number of hydrogen-bond acceptors (Lipinski definition) is 1. The van der Waals surface area contributed by atoms with Crippen LogP contribution in [0.5, 0.6) is 0 Å². The summed E-state index contributed by atoms with van der Waals surface area (Å²) in [5.74, 6) is 0. The largest absolute Gasteiger partial charge is 0.455 e. The van der Waals surface area contributed by atoms with E-state index < -0.39 is 0 Å². The SMILES string of the molecule is CC1(C)c2ccccc2-c2ccc(-c3c4ccccc4c(-c4ccc(-c5c6ccccc6cc6c5oc5ccc7c(c56)-c5ccccc5C7(C)C)cc4)c4ccccc34)cc21. The monoisotopic (exact) mass is 778 g/mol. The van der Waals surface area contributed by atoms with Crippen molar-refractivity contribution in [3.05, 3.63) is 204 Å². The third-order valence-corrected chi connectivity index (χ3v) is 14.5. The lowest BCUT2D eigenvalue weighted by Gasteiger charge is -2.23. The highest BCUT2D eigenvalue weighted by Crippen LogP contribution is 2.55. The number of rotatable bonds is 3. The summed E-state index contributed by atoms with van der Waals surface area (Å²) in [6.07, 6.45) is 0. The second kappa shape index (κ2) is 12.2. The molecule has 1 heteroatoms. The minimum Gasteiger partial charge on any atom is -0.455 e. The van der Waals surface area contributed by atoms with Gasteiger partial charge in [-0.15, -0.1) is 0 Å². The lowest BCUT2D eigenvalue weighted by Crippen LogP contribution is -2.14. The summed E-state index contributed by atoms with van der Waals surface area (Å²) in [6, 6.07) is 67.9. The van der Waals surface area contributed by atoms with Crippen LogP contribution >= 0.6 is 0 Å². The molecule has 0 saturated heterocycles. The zero-order chi connectivity index (χ0) is 40.8. The van der Waals surface area contributed by atoms with Crippen molar-refractivity contribution in [1.82, 2.24) is 0 Å². The quantitative estimate of drug-likeness (QED) is 0.163. The Morgan fingerprint density at radius 3 is 1.49 bits per heavy atom. The summed E-state index contributed by atoms with van der Waals surface area (Å²) in [5, 5.41) is 9.84. The van der Waals surface area contributed by atoms with E-state index in [-0.39, 0.29) is 10.8 Å². The number of hydrogen-bond donors (Lipinski definition) is 0. The molecule has 1 nitrogen and oxygen atoms in total. The number of benzene rings is 10. The molecule has 0 unspecified atom stereocenters. The van der Waals surface area contributed by atoms with Gasteiger partial charge in [-0.1, -0.05) is 191 Å². The minimum absolute atomic E-state index is 0.0738. The Bertz CT molecular complexity index is 3630. The molecule has 0 aliphatic heterocycles. The lowest BCUT2D eigenvalue weighted by atomic mass is 9.80. The van der Waals surface area contributed by atoms with Gasteiger partial charge >= 0.3 is 0 Å². The molecule has 0 N–H and O–H groups in total. The zero-order valence-corrected chi connectivity index (χ0v) is 34.7. The van der Waals surface area contributed by atoms with Gasteiger partial charge in [0.1, 0.15) is 11.2 Å². The third kappa shape index (κ3) is 4.61. The highest BCUT2D eigenvalue weighted by Gasteiger charge is 2.38. The molecule has 0 fully saturated rings. The highest BCUT2D eigenvalue weighted by molar-refractivity contribution is 6.24. The van der Waals surface area contributed by atoms with Gasteiger partial charge in [0.05, 0.1) is 0 Å². The van der Waals surface area contributed by atoms with E-state index in [0.717, 1.165) is 22.3 Å². The second-order valence-electron chi connectivity index (χ2n) is 18.3. The molecule has 0 spiro atoms. The van der Waals surface area contributed by atoms with Gasteiger partial charge in [0.15, 0.2) is 0 Å². The Kier molecular flexibility index (Phi) is 6.91. The number of fused-ring (bicyclic) bond motifs is 13. The van der Waals surface area contributed by atoms with E-state index in [9.17, 15) is 0 Å². The van der Waals surface area contributed by atoms with Crippen molar-refractivity contribution in [2.24, 2.45) is 0 Å². The van der Waals surface area contributed by atoms with Crippen molar-refractivity contribution in [2.45, 2.75) is 38.5 Å². The summed E-state index contributed by atoms with van der Waals surface area (Å²) in [5.41, 5.74) is 19.9. The van der Waals surface area contributed by atoms with Crippen molar-refractivity contribution in [2.75, 3.05) is 0 Å². The standard InChI is InChI=1S/C60H42O/c1-59(2)49-24-14-12-22-46(49)56-50(59)31-32-52-57(56)47-33-37-15-5-6-16-39(37)55(58(47)61-52)36-27-25-35(26-28-36)53-42-18-7-9-20-44(42)54(45-21-10-8-19-43(45)53)38-29-30-41-40-17-11-13-23-48(40)60(3,4)51(41)34-38/h5-34H,1-4H3. The highest BCUT2D eigenvalue weighted by atomic mass is 16.3.